The molecule has 15 heavy (non-hydrogen) atoms. The second-order valence-electron chi connectivity index (χ2n) is 2.85. The predicted molar refractivity (Wildman–Crippen MR) is 50.4 cm³/mol. The van der Waals surface area contributed by atoms with Crippen molar-refractivity contribution >= 4 is 18.7 Å². The summed E-state index contributed by atoms with van der Waals surface area (Å²) in [5, 5.41) is 53.2. The molecular weight excluding hydrogens is 232 g/mol. The molecule has 0 amide bonds. The standard InChI is InChI=1S/C7H14O7.ClH/c8-1-3(10)5(12)7(14)6(13)4(11)2-9;/h1,3-7,9-14H,2H2;1H. The lowest BCUT2D eigenvalue weighted by Crippen LogP contribution is -2.50. The van der Waals surface area contributed by atoms with Gasteiger partial charge in [0, 0.05) is 0 Å². The maximum absolute atomic E-state index is 10.00. The van der Waals surface area contributed by atoms with Gasteiger partial charge in [-0.15, -0.1) is 12.4 Å². The van der Waals surface area contributed by atoms with Gasteiger partial charge in [-0.3, -0.25) is 0 Å². The number of aldehydes is 1. The number of rotatable bonds is 6. The van der Waals surface area contributed by atoms with Crippen LogP contribution in [0, 0.1) is 0 Å². The third-order valence-corrected chi connectivity index (χ3v) is 1.77. The van der Waals surface area contributed by atoms with Crippen LogP contribution in [-0.4, -0.2) is 74.1 Å². The van der Waals surface area contributed by atoms with Crippen LogP contribution in [0.5, 0.6) is 0 Å². The lowest BCUT2D eigenvalue weighted by atomic mass is 10.0. The van der Waals surface area contributed by atoms with E-state index < -0.39 is 37.1 Å². The Morgan fingerprint density at radius 3 is 1.73 bits per heavy atom. The largest absolute Gasteiger partial charge is 0.394 e. The number of halogens is 1. The smallest absolute Gasteiger partial charge is 0.151 e. The van der Waals surface area contributed by atoms with Crippen LogP contribution < -0.4 is 0 Å². The van der Waals surface area contributed by atoms with Crippen LogP contribution in [0.15, 0.2) is 0 Å². The molecule has 5 atom stereocenters. The average molecular weight is 247 g/mol. The van der Waals surface area contributed by atoms with Crippen molar-refractivity contribution in [3.05, 3.63) is 0 Å². The zero-order valence-electron chi connectivity index (χ0n) is 7.67. The second kappa shape index (κ2) is 7.94. The zero-order valence-corrected chi connectivity index (χ0v) is 8.49. The molecule has 0 bridgehead atoms. The first kappa shape index (κ1) is 17.1. The first-order chi connectivity index (χ1) is 6.45. The molecule has 0 rings (SSSR count). The molecule has 6 N–H and O–H groups in total. The van der Waals surface area contributed by atoms with E-state index in [0.29, 0.717) is 0 Å². The highest BCUT2D eigenvalue weighted by molar-refractivity contribution is 5.85. The van der Waals surface area contributed by atoms with Crippen molar-refractivity contribution in [1.29, 1.82) is 0 Å². The highest BCUT2D eigenvalue weighted by Crippen LogP contribution is 2.07. The van der Waals surface area contributed by atoms with Gasteiger partial charge in [-0.2, -0.15) is 0 Å². The van der Waals surface area contributed by atoms with E-state index in [-0.39, 0.29) is 18.7 Å². The summed E-state index contributed by atoms with van der Waals surface area (Å²) >= 11 is 0. The van der Waals surface area contributed by atoms with Crippen LogP contribution in [0.1, 0.15) is 0 Å². The van der Waals surface area contributed by atoms with E-state index in [2.05, 4.69) is 0 Å². The first-order valence-electron chi connectivity index (χ1n) is 3.92. The van der Waals surface area contributed by atoms with E-state index >= 15 is 0 Å². The van der Waals surface area contributed by atoms with Crippen molar-refractivity contribution in [3.63, 3.8) is 0 Å². The quantitative estimate of drug-likeness (QED) is 0.266. The molecule has 0 aliphatic heterocycles. The van der Waals surface area contributed by atoms with Crippen LogP contribution in [-0.2, 0) is 4.79 Å². The molecule has 0 saturated carbocycles. The highest BCUT2D eigenvalue weighted by Gasteiger charge is 2.33. The maximum Gasteiger partial charge on any atom is 0.151 e. The lowest BCUT2D eigenvalue weighted by molar-refractivity contribution is -0.147. The van der Waals surface area contributed by atoms with E-state index in [4.69, 9.17) is 30.6 Å². The third-order valence-electron chi connectivity index (χ3n) is 1.77. The van der Waals surface area contributed by atoms with Gasteiger partial charge in [0.2, 0.25) is 0 Å². The van der Waals surface area contributed by atoms with Gasteiger partial charge in [0.15, 0.2) is 6.29 Å². The van der Waals surface area contributed by atoms with Crippen LogP contribution in [0.25, 0.3) is 0 Å². The molecule has 0 spiro atoms. The minimum Gasteiger partial charge on any atom is -0.394 e. The topological polar surface area (TPSA) is 138 Å². The van der Waals surface area contributed by atoms with Crippen molar-refractivity contribution < 1.29 is 35.4 Å². The molecule has 0 aromatic heterocycles. The summed E-state index contributed by atoms with van der Waals surface area (Å²) < 4.78 is 0. The number of aliphatic hydroxyl groups is 6. The molecule has 7 nitrogen and oxygen atoms in total. The van der Waals surface area contributed by atoms with E-state index in [1.54, 1.807) is 0 Å². The van der Waals surface area contributed by atoms with Crippen molar-refractivity contribution in [3.8, 4) is 0 Å². The van der Waals surface area contributed by atoms with Crippen LogP contribution in [0.4, 0.5) is 0 Å². The molecule has 5 unspecified atom stereocenters. The van der Waals surface area contributed by atoms with Crippen molar-refractivity contribution in [2.45, 2.75) is 30.5 Å². The summed E-state index contributed by atoms with van der Waals surface area (Å²) in [6.07, 6.45) is -9.21. The Bertz CT molecular complexity index is 179. The normalized spacial score (nSPS) is 20.7. The molecule has 0 aliphatic carbocycles. The molecule has 0 aromatic carbocycles. The number of hydrogen-bond donors (Lipinski definition) is 6. The number of aliphatic hydroxyl groups excluding tert-OH is 6. The number of carbonyl (C=O) groups is 1. The van der Waals surface area contributed by atoms with Gasteiger partial charge in [0.05, 0.1) is 6.61 Å². The molecule has 0 aliphatic rings. The second-order valence-corrected chi connectivity index (χ2v) is 2.85. The Kier molecular flexibility index (Phi) is 9.07. The zero-order chi connectivity index (χ0) is 11.3. The SMILES string of the molecule is Cl.O=CC(O)C(O)C(O)C(O)C(O)CO. The van der Waals surface area contributed by atoms with Gasteiger partial charge in [-0.25, -0.2) is 0 Å². The van der Waals surface area contributed by atoms with Crippen molar-refractivity contribution in [2.24, 2.45) is 0 Å². The summed E-state index contributed by atoms with van der Waals surface area (Å²) in [5.74, 6) is 0. The maximum atomic E-state index is 10.00. The Morgan fingerprint density at radius 1 is 0.933 bits per heavy atom. The fourth-order valence-corrected chi connectivity index (χ4v) is 0.820. The van der Waals surface area contributed by atoms with Crippen molar-refractivity contribution in [2.75, 3.05) is 6.61 Å². The fraction of sp³-hybridized carbons (Fsp3) is 0.857. The minimum atomic E-state index is -1.92. The monoisotopic (exact) mass is 246 g/mol. The molecular formula is C7H15ClO7. The average Bonchev–Trinajstić information content (AvgIpc) is 2.23. The molecule has 0 heterocycles. The Balaban J connectivity index is 0. The Hall–Kier alpha value is -0.280. The lowest BCUT2D eigenvalue weighted by Gasteiger charge is -2.26. The molecule has 0 aromatic rings. The van der Waals surface area contributed by atoms with E-state index in [0.717, 1.165) is 0 Å². The molecule has 0 radical (unpaired) electrons. The Labute approximate surface area is 92.0 Å². The predicted octanol–water partition coefficient (Wildman–Crippen LogP) is -3.60. The fourth-order valence-electron chi connectivity index (χ4n) is 0.820. The van der Waals surface area contributed by atoms with Gasteiger partial charge >= 0.3 is 0 Å². The van der Waals surface area contributed by atoms with Gasteiger partial charge in [0.25, 0.3) is 0 Å². The first-order valence-corrected chi connectivity index (χ1v) is 3.92. The number of carbonyl (C=O) groups excluding carboxylic acids is 1. The number of hydrogen-bond acceptors (Lipinski definition) is 7. The van der Waals surface area contributed by atoms with Crippen LogP contribution in [0.2, 0.25) is 0 Å². The summed E-state index contributed by atoms with van der Waals surface area (Å²) in [5.41, 5.74) is 0. The molecule has 92 valence electrons. The summed E-state index contributed by atoms with van der Waals surface area (Å²) in [7, 11) is 0. The minimum absolute atomic E-state index is 0. The van der Waals surface area contributed by atoms with E-state index in [9.17, 15) is 4.79 Å². The van der Waals surface area contributed by atoms with Gasteiger partial charge in [-0.05, 0) is 0 Å². The summed E-state index contributed by atoms with van der Waals surface area (Å²) in [4.78, 5) is 10.00. The van der Waals surface area contributed by atoms with Crippen LogP contribution in [0.3, 0.4) is 0 Å². The van der Waals surface area contributed by atoms with E-state index in [1.165, 1.54) is 0 Å². The van der Waals surface area contributed by atoms with E-state index in [1.807, 2.05) is 0 Å². The summed E-state index contributed by atoms with van der Waals surface area (Å²) in [6, 6.07) is 0. The van der Waals surface area contributed by atoms with Gasteiger partial charge in [0.1, 0.15) is 30.5 Å². The molecule has 8 heteroatoms. The van der Waals surface area contributed by atoms with Gasteiger partial charge < -0.3 is 35.4 Å². The highest BCUT2D eigenvalue weighted by atomic mass is 35.5. The summed E-state index contributed by atoms with van der Waals surface area (Å²) in [6.45, 7) is -0.817. The van der Waals surface area contributed by atoms with Crippen molar-refractivity contribution in [1.82, 2.24) is 0 Å². The third kappa shape index (κ3) is 4.85. The molecule has 0 fully saturated rings. The van der Waals surface area contributed by atoms with Crippen LogP contribution >= 0.6 is 12.4 Å². The Morgan fingerprint density at radius 2 is 1.40 bits per heavy atom. The van der Waals surface area contributed by atoms with Gasteiger partial charge in [-0.1, -0.05) is 0 Å². The molecule has 0 saturated heterocycles.